The lowest BCUT2D eigenvalue weighted by Gasteiger charge is -2.32. The summed E-state index contributed by atoms with van der Waals surface area (Å²) in [7, 11) is 0. The van der Waals surface area contributed by atoms with E-state index in [1.165, 1.54) is 11.3 Å². The molecule has 1 aliphatic heterocycles. The summed E-state index contributed by atoms with van der Waals surface area (Å²) < 4.78 is 2.23. The minimum absolute atomic E-state index is 0.110. The van der Waals surface area contributed by atoms with Gasteiger partial charge in [-0.1, -0.05) is 17.7 Å². The van der Waals surface area contributed by atoms with Crippen molar-refractivity contribution in [2.24, 2.45) is 5.92 Å². The summed E-state index contributed by atoms with van der Waals surface area (Å²) in [6.07, 6.45) is 1.42. The summed E-state index contributed by atoms with van der Waals surface area (Å²) in [5.74, 6) is -0.712. The number of fused-ring (bicyclic) bond motifs is 1. The number of rotatable bonds is 3. The van der Waals surface area contributed by atoms with Gasteiger partial charge in [0, 0.05) is 13.1 Å². The highest BCUT2D eigenvalue weighted by Gasteiger charge is 2.28. The topological polar surface area (TPSA) is 75.4 Å². The number of carboxylic acid groups (broad SMARTS) is 1. The quantitative estimate of drug-likeness (QED) is 0.768. The Morgan fingerprint density at radius 3 is 2.77 bits per heavy atom. The molecule has 6 nitrogen and oxygen atoms in total. The molecule has 0 saturated carbocycles. The predicted octanol–water partition coefficient (Wildman–Crippen LogP) is 3.06. The van der Waals surface area contributed by atoms with Gasteiger partial charge in [-0.15, -0.1) is 11.3 Å². The average Bonchev–Trinajstić information content (AvgIpc) is 3.12. The summed E-state index contributed by atoms with van der Waals surface area (Å²) in [6.45, 7) is 3.05. The van der Waals surface area contributed by atoms with Gasteiger partial charge < -0.3 is 10.0 Å². The first kappa shape index (κ1) is 16.8. The smallest absolute Gasteiger partial charge is 0.308 e. The molecular formula is C19H19N3O3S. The van der Waals surface area contributed by atoms with Crippen LogP contribution in [0.15, 0.2) is 40.5 Å². The number of carbonyl (C=O) groups is 1. The predicted molar refractivity (Wildman–Crippen MR) is 103 cm³/mol. The fourth-order valence-corrected chi connectivity index (χ4v) is 4.16. The van der Waals surface area contributed by atoms with E-state index in [1.807, 2.05) is 47.5 Å². The first-order valence-corrected chi connectivity index (χ1v) is 9.47. The van der Waals surface area contributed by atoms with Crippen molar-refractivity contribution in [2.45, 2.75) is 19.8 Å². The van der Waals surface area contributed by atoms with Crippen LogP contribution >= 0.6 is 11.3 Å². The second-order valence-corrected chi connectivity index (χ2v) is 7.56. The zero-order valence-electron chi connectivity index (χ0n) is 14.4. The standard InChI is InChI=1S/C19H19N3O3S/c1-12-4-6-14(7-5-12)22-17(23)16-15(8-10-26-16)20-19(22)21-9-2-3-13(11-21)18(24)25/h4-8,10,13H,2-3,9,11H2,1H3,(H,24,25). The third-order valence-electron chi connectivity index (χ3n) is 4.81. The van der Waals surface area contributed by atoms with Crippen LogP contribution < -0.4 is 10.5 Å². The van der Waals surface area contributed by atoms with Crippen LogP contribution in [0.1, 0.15) is 18.4 Å². The third kappa shape index (κ3) is 2.88. The van der Waals surface area contributed by atoms with Crippen LogP contribution in [0.5, 0.6) is 0 Å². The van der Waals surface area contributed by atoms with E-state index in [0.717, 1.165) is 17.7 Å². The molecule has 4 rings (SSSR count). The highest BCUT2D eigenvalue weighted by molar-refractivity contribution is 7.17. The van der Waals surface area contributed by atoms with Gasteiger partial charge >= 0.3 is 5.97 Å². The van der Waals surface area contributed by atoms with E-state index < -0.39 is 11.9 Å². The summed E-state index contributed by atoms with van der Waals surface area (Å²) >= 11 is 1.38. The average molecular weight is 369 g/mol. The molecule has 7 heteroatoms. The molecule has 1 unspecified atom stereocenters. The minimum atomic E-state index is -0.796. The Hall–Kier alpha value is -2.67. The molecule has 0 radical (unpaired) electrons. The first-order chi connectivity index (χ1) is 12.5. The second-order valence-electron chi connectivity index (χ2n) is 6.65. The maximum atomic E-state index is 13.1. The molecule has 1 N–H and O–H groups in total. The molecule has 0 spiro atoms. The molecule has 2 aromatic heterocycles. The molecule has 1 aliphatic rings. The van der Waals surface area contributed by atoms with Gasteiger partial charge in [0.2, 0.25) is 5.95 Å². The van der Waals surface area contributed by atoms with E-state index in [0.29, 0.717) is 35.7 Å². The number of anilines is 1. The molecule has 1 aromatic carbocycles. The Morgan fingerprint density at radius 1 is 1.27 bits per heavy atom. The number of aromatic nitrogens is 2. The van der Waals surface area contributed by atoms with Crippen LogP contribution in [0, 0.1) is 12.8 Å². The van der Waals surface area contributed by atoms with Crippen molar-refractivity contribution < 1.29 is 9.90 Å². The summed E-state index contributed by atoms with van der Waals surface area (Å²) in [5, 5.41) is 11.3. The monoisotopic (exact) mass is 369 g/mol. The lowest BCUT2D eigenvalue weighted by atomic mass is 9.99. The molecule has 0 amide bonds. The molecule has 0 aliphatic carbocycles. The van der Waals surface area contributed by atoms with E-state index in [-0.39, 0.29) is 5.56 Å². The Labute approximate surface area is 154 Å². The number of thiophene rings is 1. The van der Waals surface area contributed by atoms with Gasteiger partial charge in [0.05, 0.1) is 17.1 Å². The SMILES string of the molecule is Cc1ccc(-n2c(N3CCCC(C(=O)O)C3)nc3ccsc3c2=O)cc1. The van der Waals surface area contributed by atoms with Crippen molar-refractivity contribution in [3.05, 3.63) is 51.6 Å². The van der Waals surface area contributed by atoms with Gasteiger partial charge in [-0.3, -0.25) is 9.59 Å². The van der Waals surface area contributed by atoms with Crippen LogP contribution in [0.3, 0.4) is 0 Å². The van der Waals surface area contributed by atoms with Crippen molar-refractivity contribution in [3.63, 3.8) is 0 Å². The van der Waals surface area contributed by atoms with Crippen LogP contribution in [0.25, 0.3) is 15.9 Å². The third-order valence-corrected chi connectivity index (χ3v) is 5.70. The van der Waals surface area contributed by atoms with E-state index in [1.54, 1.807) is 4.57 Å². The maximum Gasteiger partial charge on any atom is 0.308 e. The second kappa shape index (κ2) is 6.57. The lowest BCUT2D eigenvalue weighted by Crippen LogP contribution is -2.41. The Kier molecular flexibility index (Phi) is 4.24. The normalized spacial score (nSPS) is 17.6. The number of hydrogen-bond acceptors (Lipinski definition) is 5. The summed E-state index contributed by atoms with van der Waals surface area (Å²) in [4.78, 5) is 31.2. The Morgan fingerprint density at radius 2 is 2.04 bits per heavy atom. The van der Waals surface area contributed by atoms with Crippen molar-refractivity contribution in [1.29, 1.82) is 0 Å². The molecular weight excluding hydrogens is 350 g/mol. The zero-order chi connectivity index (χ0) is 18.3. The summed E-state index contributed by atoms with van der Waals surface area (Å²) in [5.41, 5.74) is 2.41. The van der Waals surface area contributed by atoms with Crippen molar-refractivity contribution in [2.75, 3.05) is 18.0 Å². The first-order valence-electron chi connectivity index (χ1n) is 8.59. The fraction of sp³-hybridized carbons (Fsp3) is 0.316. The molecule has 1 atom stereocenters. The molecule has 134 valence electrons. The summed E-state index contributed by atoms with van der Waals surface area (Å²) in [6, 6.07) is 9.56. The van der Waals surface area contributed by atoms with Crippen LogP contribution in [0.2, 0.25) is 0 Å². The molecule has 26 heavy (non-hydrogen) atoms. The number of aliphatic carboxylic acids is 1. The van der Waals surface area contributed by atoms with Gasteiger partial charge in [-0.05, 0) is 43.3 Å². The van der Waals surface area contributed by atoms with Crippen LogP contribution in [0.4, 0.5) is 5.95 Å². The van der Waals surface area contributed by atoms with Gasteiger partial charge in [-0.2, -0.15) is 0 Å². The fourth-order valence-electron chi connectivity index (χ4n) is 3.40. The molecule has 3 heterocycles. The van der Waals surface area contributed by atoms with E-state index in [9.17, 15) is 14.7 Å². The van der Waals surface area contributed by atoms with Crippen molar-refractivity contribution >= 4 is 33.5 Å². The van der Waals surface area contributed by atoms with E-state index in [4.69, 9.17) is 4.98 Å². The molecule has 3 aromatic rings. The van der Waals surface area contributed by atoms with Crippen molar-refractivity contribution in [1.82, 2.24) is 9.55 Å². The molecule has 1 saturated heterocycles. The number of carboxylic acids is 1. The Balaban J connectivity index is 1.90. The minimum Gasteiger partial charge on any atom is -0.481 e. The van der Waals surface area contributed by atoms with Crippen LogP contribution in [-0.2, 0) is 4.79 Å². The number of nitrogens with zero attached hydrogens (tertiary/aromatic N) is 3. The molecule has 0 bridgehead atoms. The highest BCUT2D eigenvalue weighted by Crippen LogP contribution is 2.26. The van der Waals surface area contributed by atoms with Crippen molar-refractivity contribution in [3.8, 4) is 5.69 Å². The maximum absolute atomic E-state index is 13.1. The number of hydrogen-bond donors (Lipinski definition) is 1. The van der Waals surface area contributed by atoms with Gasteiger partial charge in [0.1, 0.15) is 4.70 Å². The van der Waals surface area contributed by atoms with Crippen LogP contribution in [-0.4, -0.2) is 33.7 Å². The lowest BCUT2D eigenvalue weighted by molar-refractivity contribution is -0.141. The largest absolute Gasteiger partial charge is 0.481 e. The van der Waals surface area contributed by atoms with Gasteiger partial charge in [0.25, 0.3) is 5.56 Å². The van der Waals surface area contributed by atoms with Gasteiger partial charge in [-0.25, -0.2) is 9.55 Å². The zero-order valence-corrected chi connectivity index (χ0v) is 15.2. The number of piperidine rings is 1. The Bertz CT molecular complexity index is 1020. The molecule has 1 fully saturated rings. The number of aryl methyl sites for hydroxylation is 1. The van der Waals surface area contributed by atoms with E-state index in [2.05, 4.69) is 0 Å². The van der Waals surface area contributed by atoms with E-state index >= 15 is 0 Å². The highest BCUT2D eigenvalue weighted by atomic mass is 32.1. The van der Waals surface area contributed by atoms with Gasteiger partial charge in [0.15, 0.2) is 0 Å². The number of benzene rings is 1.